The van der Waals surface area contributed by atoms with Gasteiger partial charge in [-0.3, -0.25) is 9.59 Å². The summed E-state index contributed by atoms with van der Waals surface area (Å²) in [6.45, 7) is 0. The van der Waals surface area contributed by atoms with Crippen molar-refractivity contribution >= 4 is 51.5 Å². The highest BCUT2D eigenvalue weighted by atomic mass is 32.1. The molecular formula is C30H23N3O3S. The van der Waals surface area contributed by atoms with Crippen molar-refractivity contribution in [1.82, 2.24) is 5.32 Å². The van der Waals surface area contributed by atoms with E-state index in [0.717, 1.165) is 16.5 Å². The lowest BCUT2D eigenvalue weighted by Gasteiger charge is -2.19. The highest BCUT2D eigenvalue weighted by molar-refractivity contribution is 7.80. The standard InChI is InChI=1S/C30H23N3O3S/c34-28(26-18-22-14-7-8-17-25(22)36-26)31-23-15-9-16-24(19-23)32-30(37)33-29(35)27(20-10-3-1-4-11-20)21-12-5-2-6-13-21/h1-19,27H,(H,31,34)(H2,32,33,35,37). The second kappa shape index (κ2) is 10.9. The fourth-order valence-corrected chi connectivity index (χ4v) is 4.31. The first-order chi connectivity index (χ1) is 18.1. The number of rotatable bonds is 6. The summed E-state index contributed by atoms with van der Waals surface area (Å²) in [4.78, 5) is 26.0. The first kappa shape index (κ1) is 24.0. The third kappa shape index (κ3) is 5.74. The Morgan fingerprint density at radius 1 is 0.676 bits per heavy atom. The zero-order valence-electron chi connectivity index (χ0n) is 19.7. The van der Waals surface area contributed by atoms with Gasteiger partial charge >= 0.3 is 0 Å². The molecule has 0 bridgehead atoms. The molecule has 4 aromatic carbocycles. The Morgan fingerprint density at radius 3 is 1.92 bits per heavy atom. The van der Waals surface area contributed by atoms with Crippen LogP contribution in [0.3, 0.4) is 0 Å². The first-order valence-electron chi connectivity index (χ1n) is 11.7. The number of carbonyl (C=O) groups is 2. The van der Waals surface area contributed by atoms with E-state index in [9.17, 15) is 9.59 Å². The number of furan rings is 1. The van der Waals surface area contributed by atoms with Crippen LogP contribution in [0.25, 0.3) is 11.0 Å². The number of hydrogen-bond acceptors (Lipinski definition) is 4. The quantitative estimate of drug-likeness (QED) is 0.235. The molecule has 2 amide bonds. The lowest BCUT2D eigenvalue weighted by Crippen LogP contribution is -2.37. The summed E-state index contributed by atoms with van der Waals surface area (Å²) in [5, 5.41) is 9.68. The van der Waals surface area contributed by atoms with Gasteiger partial charge < -0.3 is 20.4 Å². The van der Waals surface area contributed by atoms with Crippen LogP contribution in [-0.2, 0) is 4.79 Å². The number of hydrogen-bond donors (Lipinski definition) is 3. The first-order valence-corrected chi connectivity index (χ1v) is 12.1. The zero-order chi connectivity index (χ0) is 25.6. The lowest BCUT2D eigenvalue weighted by atomic mass is 9.90. The summed E-state index contributed by atoms with van der Waals surface area (Å²) in [6, 6.07) is 35.3. The predicted octanol–water partition coefficient (Wildman–Crippen LogP) is 6.33. The maximum Gasteiger partial charge on any atom is 0.291 e. The van der Waals surface area contributed by atoms with Crippen LogP contribution in [0.5, 0.6) is 0 Å². The molecule has 0 aliphatic rings. The van der Waals surface area contributed by atoms with Gasteiger partial charge in [0.1, 0.15) is 5.58 Å². The molecule has 0 atom stereocenters. The molecule has 0 spiro atoms. The normalized spacial score (nSPS) is 10.7. The molecule has 6 nitrogen and oxygen atoms in total. The maximum atomic E-state index is 13.3. The number of para-hydroxylation sites is 1. The van der Waals surface area contributed by atoms with E-state index in [2.05, 4.69) is 16.0 Å². The van der Waals surface area contributed by atoms with E-state index >= 15 is 0 Å². The number of fused-ring (bicyclic) bond motifs is 1. The van der Waals surface area contributed by atoms with Gasteiger partial charge in [-0.2, -0.15) is 0 Å². The van der Waals surface area contributed by atoms with Crippen molar-refractivity contribution < 1.29 is 14.0 Å². The Labute approximate surface area is 219 Å². The molecule has 0 saturated carbocycles. The summed E-state index contributed by atoms with van der Waals surface area (Å²) in [7, 11) is 0. The van der Waals surface area contributed by atoms with Gasteiger partial charge in [0.2, 0.25) is 5.91 Å². The largest absolute Gasteiger partial charge is 0.451 e. The van der Waals surface area contributed by atoms with Crippen LogP contribution in [0.15, 0.2) is 120 Å². The molecule has 0 saturated heterocycles. The van der Waals surface area contributed by atoms with Crippen LogP contribution in [-0.4, -0.2) is 16.9 Å². The molecule has 1 heterocycles. The summed E-state index contributed by atoms with van der Waals surface area (Å²) in [5.41, 5.74) is 3.54. The Balaban J connectivity index is 1.26. The van der Waals surface area contributed by atoms with E-state index in [4.69, 9.17) is 16.6 Å². The molecule has 37 heavy (non-hydrogen) atoms. The molecule has 182 valence electrons. The average Bonchev–Trinajstić information content (AvgIpc) is 3.35. The fourth-order valence-electron chi connectivity index (χ4n) is 4.09. The summed E-state index contributed by atoms with van der Waals surface area (Å²) >= 11 is 5.43. The average molecular weight is 506 g/mol. The van der Waals surface area contributed by atoms with Crippen LogP contribution in [0.4, 0.5) is 11.4 Å². The molecule has 7 heteroatoms. The van der Waals surface area contributed by atoms with E-state index in [1.54, 1.807) is 30.3 Å². The minimum absolute atomic E-state index is 0.155. The van der Waals surface area contributed by atoms with E-state index in [1.165, 1.54) is 0 Å². The van der Waals surface area contributed by atoms with E-state index < -0.39 is 5.92 Å². The van der Waals surface area contributed by atoms with Crippen molar-refractivity contribution in [3.05, 3.63) is 132 Å². The van der Waals surface area contributed by atoms with Crippen molar-refractivity contribution in [2.45, 2.75) is 5.92 Å². The van der Waals surface area contributed by atoms with Crippen LogP contribution in [0.1, 0.15) is 27.6 Å². The van der Waals surface area contributed by atoms with Gasteiger partial charge in [0.25, 0.3) is 5.91 Å². The topological polar surface area (TPSA) is 83.4 Å². The van der Waals surface area contributed by atoms with Gasteiger partial charge in [-0.1, -0.05) is 84.9 Å². The molecule has 3 N–H and O–H groups in total. The molecule has 5 rings (SSSR count). The van der Waals surface area contributed by atoms with Crippen molar-refractivity contribution in [3.63, 3.8) is 0 Å². The highest BCUT2D eigenvalue weighted by Crippen LogP contribution is 2.25. The monoisotopic (exact) mass is 505 g/mol. The third-order valence-corrected chi connectivity index (χ3v) is 6.00. The van der Waals surface area contributed by atoms with Gasteiger partial charge in [0.15, 0.2) is 10.9 Å². The Kier molecular flexibility index (Phi) is 7.05. The summed E-state index contributed by atoms with van der Waals surface area (Å²) in [6.07, 6.45) is 0. The SMILES string of the molecule is O=C(Nc1cccc(NC(=S)NC(=O)C(c2ccccc2)c2ccccc2)c1)c1cc2ccccc2o1. The smallest absolute Gasteiger partial charge is 0.291 e. The number of benzene rings is 4. The number of amides is 2. The maximum absolute atomic E-state index is 13.3. The van der Waals surface area contributed by atoms with Crippen molar-refractivity contribution in [2.24, 2.45) is 0 Å². The van der Waals surface area contributed by atoms with Gasteiger partial charge in [0.05, 0.1) is 5.92 Å². The second-order valence-electron chi connectivity index (χ2n) is 8.38. The van der Waals surface area contributed by atoms with Gasteiger partial charge in [-0.25, -0.2) is 0 Å². The lowest BCUT2D eigenvalue weighted by molar-refractivity contribution is -0.120. The van der Waals surface area contributed by atoms with Crippen LogP contribution >= 0.6 is 12.2 Å². The minimum atomic E-state index is -0.517. The van der Waals surface area contributed by atoms with Crippen molar-refractivity contribution in [1.29, 1.82) is 0 Å². The molecule has 0 aliphatic carbocycles. The Bertz CT molecular complexity index is 1490. The third-order valence-electron chi connectivity index (χ3n) is 5.79. The van der Waals surface area contributed by atoms with Crippen LogP contribution in [0, 0.1) is 0 Å². The molecule has 5 aromatic rings. The molecular weight excluding hydrogens is 482 g/mol. The van der Waals surface area contributed by atoms with Crippen molar-refractivity contribution in [2.75, 3.05) is 10.6 Å². The molecule has 0 radical (unpaired) electrons. The number of carbonyl (C=O) groups excluding carboxylic acids is 2. The fraction of sp³-hybridized carbons (Fsp3) is 0.0333. The van der Waals surface area contributed by atoms with E-state index in [-0.39, 0.29) is 22.7 Å². The van der Waals surface area contributed by atoms with Gasteiger partial charge in [-0.05, 0) is 53.7 Å². The van der Waals surface area contributed by atoms with Crippen molar-refractivity contribution in [3.8, 4) is 0 Å². The zero-order valence-corrected chi connectivity index (χ0v) is 20.5. The number of anilines is 2. The molecule has 0 aliphatic heterocycles. The number of thiocarbonyl (C=S) groups is 1. The van der Waals surface area contributed by atoms with Crippen LogP contribution < -0.4 is 16.0 Å². The Morgan fingerprint density at radius 2 is 1.27 bits per heavy atom. The second-order valence-corrected chi connectivity index (χ2v) is 8.79. The van der Waals surface area contributed by atoms with Gasteiger partial charge in [-0.15, -0.1) is 0 Å². The molecule has 0 unspecified atom stereocenters. The van der Waals surface area contributed by atoms with Gasteiger partial charge in [0, 0.05) is 16.8 Å². The van der Waals surface area contributed by atoms with E-state index in [1.807, 2.05) is 84.9 Å². The minimum Gasteiger partial charge on any atom is -0.451 e. The summed E-state index contributed by atoms with van der Waals surface area (Å²) < 4.78 is 5.64. The number of nitrogens with one attached hydrogen (secondary N) is 3. The van der Waals surface area contributed by atoms with Crippen LogP contribution in [0.2, 0.25) is 0 Å². The summed E-state index contributed by atoms with van der Waals surface area (Å²) in [5.74, 6) is -0.908. The highest BCUT2D eigenvalue weighted by Gasteiger charge is 2.23. The predicted molar refractivity (Wildman–Crippen MR) is 150 cm³/mol. The molecule has 0 fully saturated rings. The Hall–Kier alpha value is -4.75. The van der Waals surface area contributed by atoms with E-state index in [0.29, 0.717) is 17.0 Å². The molecule has 1 aromatic heterocycles.